The molecule has 1 atom stereocenters. The Kier molecular flexibility index (Phi) is 3.64. The van der Waals surface area contributed by atoms with Gasteiger partial charge in [0, 0.05) is 24.2 Å². The predicted octanol–water partition coefficient (Wildman–Crippen LogP) is 1.20. The summed E-state index contributed by atoms with van der Waals surface area (Å²) >= 11 is 0. The van der Waals surface area contributed by atoms with Crippen molar-refractivity contribution in [3.8, 4) is 0 Å². The average molecular weight is 250 g/mol. The summed E-state index contributed by atoms with van der Waals surface area (Å²) in [6.45, 7) is 6.32. The molecular weight excluding hydrogens is 232 g/mol. The second-order valence-electron chi connectivity index (χ2n) is 4.44. The Hall–Kier alpha value is -1.85. The molecule has 0 radical (unpaired) electrons. The molecule has 2 rings (SSSR count). The van der Waals surface area contributed by atoms with Crippen LogP contribution in [-0.4, -0.2) is 27.9 Å². The summed E-state index contributed by atoms with van der Waals surface area (Å²) in [7, 11) is 0. The molecule has 1 amide bonds. The summed E-state index contributed by atoms with van der Waals surface area (Å²) in [5.74, 6) is -0.123. The molecule has 0 aromatic carbocycles. The highest BCUT2D eigenvalue weighted by molar-refractivity contribution is 5.92. The summed E-state index contributed by atoms with van der Waals surface area (Å²) in [5.41, 5.74) is 3.85. The van der Waals surface area contributed by atoms with Crippen LogP contribution in [-0.2, 0) is 16.2 Å². The minimum atomic E-state index is -0.479. The largest absolute Gasteiger partial charge is 0.382 e. The van der Waals surface area contributed by atoms with Crippen LogP contribution in [0.1, 0.15) is 36.7 Å². The highest BCUT2D eigenvalue weighted by Crippen LogP contribution is 2.13. The zero-order valence-corrected chi connectivity index (χ0v) is 10.9. The van der Waals surface area contributed by atoms with Crippen molar-refractivity contribution in [2.24, 2.45) is 5.16 Å². The third-order valence-electron chi connectivity index (χ3n) is 3.15. The number of oxime groups is 1. The van der Waals surface area contributed by atoms with E-state index < -0.39 is 6.10 Å². The summed E-state index contributed by atoms with van der Waals surface area (Å²) in [6.07, 6.45) is 0.933. The lowest BCUT2D eigenvalue weighted by Gasteiger charge is -2.09. The molecule has 0 saturated heterocycles. The van der Waals surface area contributed by atoms with Crippen LogP contribution in [0.2, 0.25) is 0 Å². The van der Waals surface area contributed by atoms with Gasteiger partial charge in [-0.3, -0.25) is 9.89 Å². The Bertz CT molecular complexity index is 459. The first-order valence-electron chi connectivity index (χ1n) is 6.11. The number of nitrogens with one attached hydrogen (secondary N) is 2. The molecular formula is C12H18N4O2. The highest BCUT2D eigenvalue weighted by Gasteiger charge is 2.27. The van der Waals surface area contributed by atoms with Gasteiger partial charge in [0.25, 0.3) is 5.91 Å². The van der Waals surface area contributed by atoms with Gasteiger partial charge in [0.1, 0.15) is 0 Å². The second kappa shape index (κ2) is 5.20. The molecule has 1 aliphatic heterocycles. The maximum Gasteiger partial charge on any atom is 0.264 e. The van der Waals surface area contributed by atoms with E-state index in [0.717, 1.165) is 29.1 Å². The minimum Gasteiger partial charge on any atom is -0.382 e. The number of aromatic amines is 1. The Balaban J connectivity index is 1.86. The fourth-order valence-corrected chi connectivity index (χ4v) is 1.90. The van der Waals surface area contributed by atoms with Crippen LogP contribution in [0.15, 0.2) is 5.16 Å². The Morgan fingerprint density at radius 1 is 1.56 bits per heavy atom. The molecule has 18 heavy (non-hydrogen) atoms. The van der Waals surface area contributed by atoms with Gasteiger partial charge in [-0.15, -0.1) is 0 Å². The van der Waals surface area contributed by atoms with Crippen molar-refractivity contribution >= 4 is 11.6 Å². The fraction of sp³-hybridized carbons (Fsp3) is 0.583. The highest BCUT2D eigenvalue weighted by atomic mass is 16.6. The lowest BCUT2D eigenvalue weighted by molar-refractivity contribution is -0.131. The lowest BCUT2D eigenvalue weighted by Crippen LogP contribution is -2.34. The molecule has 6 heteroatoms. The van der Waals surface area contributed by atoms with E-state index in [0.29, 0.717) is 13.0 Å². The number of nitrogens with zero attached hydrogens (tertiary/aromatic N) is 2. The van der Waals surface area contributed by atoms with E-state index in [1.165, 1.54) is 0 Å². The summed E-state index contributed by atoms with van der Waals surface area (Å²) in [4.78, 5) is 17.0. The second-order valence-corrected chi connectivity index (χ2v) is 4.44. The van der Waals surface area contributed by atoms with Crippen LogP contribution in [0.25, 0.3) is 0 Å². The summed E-state index contributed by atoms with van der Waals surface area (Å²) in [6, 6.07) is 0. The molecule has 0 unspecified atom stereocenters. The molecule has 2 heterocycles. The zero-order chi connectivity index (χ0) is 13.1. The van der Waals surface area contributed by atoms with Gasteiger partial charge in [-0.25, -0.2) is 0 Å². The van der Waals surface area contributed by atoms with Crippen molar-refractivity contribution in [2.45, 2.75) is 46.3 Å². The number of aromatic nitrogens is 2. The van der Waals surface area contributed by atoms with E-state index in [2.05, 4.69) is 20.7 Å². The van der Waals surface area contributed by atoms with Crippen LogP contribution in [0.5, 0.6) is 0 Å². The standard InChI is InChI=1S/C12H18N4O2/c1-4-9-5-11(18-16-9)12(17)13-6-10-7(2)14-15-8(10)3/h11H,4-6H2,1-3H3,(H,13,17)(H,14,15)/t11-/m1/s1. The van der Waals surface area contributed by atoms with Crippen molar-refractivity contribution in [3.63, 3.8) is 0 Å². The number of aryl methyl sites for hydroxylation is 2. The molecule has 1 aromatic heterocycles. The summed E-state index contributed by atoms with van der Waals surface area (Å²) < 4.78 is 0. The van der Waals surface area contributed by atoms with Gasteiger partial charge >= 0.3 is 0 Å². The lowest BCUT2D eigenvalue weighted by atomic mass is 10.1. The minimum absolute atomic E-state index is 0.123. The van der Waals surface area contributed by atoms with E-state index in [9.17, 15) is 4.79 Å². The molecule has 0 aliphatic carbocycles. The SMILES string of the molecule is CCC1=NO[C@@H](C(=O)NCc2c(C)n[nH]c2C)C1. The van der Waals surface area contributed by atoms with Crippen LogP contribution in [0.4, 0.5) is 0 Å². The van der Waals surface area contributed by atoms with Gasteiger partial charge in [-0.2, -0.15) is 5.10 Å². The average Bonchev–Trinajstić information content (AvgIpc) is 2.95. The van der Waals surface area contributed by atoms with Crippen LogP contribution < -0.4 is 5.32 Å². The molecule has 98 valence electrons. The smallest absolute Gasteiger partial charge is 0.264 e. The van der Waals surface area contributed by atoms with E-state index in [1.807, 2.05) is 20.8 Å². The summed E-state index contributed by atoms with van der Waals surface area (Å²) in [5, 5.41) is 13.7. The maximum absolute atomic E-state index is 11.9. The van der Waals surface area contributed by atoms with Crippen molar-refractivity contribution in [1.29, 1.82) is 0 Å². The van der Waals surface area contributed by atoms with Gasteiger partial charge < -0.3 is 10.2 Å². The molecule has 1 aliphatic rings. The van der Waals surface area contributed by atoms with Gasteiger partial charge in [-0.1, -0.05) is 12.1 Å². The van der Waals surface area contributed by atoms with Crippen molar-refractivity contribution in [3.05, 3.63) is 17.0 Å². The first-order valence-corrected chi connectivity index (χ1v) is 6.11. The quantitative estimate of drug-likeness (QED) is 0.842. The Labute approximate surface area is 106 Å². The number of rotatable bonds is 4. The molecule has 0 spiro atoms. The van der Waals surface area contributed by atoms with E-state index in [4.69, 9.17) is 4.84 Å². The Morgan fingerprint density at radius 3 is 2.89 bits per heavy atom. The zero-order valence-electron chi connectivity index (χ0n) is 10.9. The monoisotopic (exact) mass is 250 g/mol. The van der Waals surface area contributed by atoms with Gasteiger partial charge in [0.05, 0.1) is 11.4 Å². The van der Waals surface area contributed by atoms with Crippen LogP contribution in [0.3, 0.4) is 0 Å². The normalized spacial score (nSPS) is 18.4. The fourth-order valence-electron chi connectivity index (χ4n) is 1.90. The number of H-pyrrole nitrogens is 1. The third-order valence-corrected chi connectivity index (χ3v) is 3.15. The molecule has 1 aromatic rings. The van der Waals surface area contributed by atoms with Gasteiger partial charge in [0.2, 0.25) is 6.10 Å². The first-order chi connectivity index (χ1) is 8.61. The van der Waals surface area contributed by atoms with Crippen molar-refractivity contribution in [2.75, 3.05) is 0 Å². The predicted molar refractivity (Wildman–Crippen MR) is 67.1 cm³/mol. The number of carbonyl (C=O) groups excluding carboxylic acids is 1. The molecule has 6 nitrogen and oxygen atoms in total. The number of hydrogen-bond acceptors (Lipinski definition) is 4. The number of hydrogen-bond donors (Lipinski definition) is 2. The number of carbonyl (C=O) groups is 1. The molecule has 0 fully saturated rings. The van der Waals surface area contributed by atoms with Gasteiger partial charge in [0.15, 0.2) is 0 Å². The topological polar surface area (TPSA) is 79.4 Å². The number of amides is 1. The van der Waals surface area contributed by atoms with E-state index >= 15 is 0 Å². The molecule has 0 bridgehead atoms. The van der Waals surface area contributed by atoms with Crippen molar-refractivity contribution in [1.82, 2.24) is 15.5 Å². The van der Waals surface area contributed by atoms with E-state index in [-0.39, 0.29) is 5.91 Å². The molecule has 0 saturated carbocycles. The maximum atomic E-state index is 11.9. The van der Waals surface area contributed by atoms with Crippen LogP contribution in [0, 0.1) is 13.8 Å². The van der Waals surface area contributed by atoms with Crippen molar-refractivity contribution < 1.29 is 9.63 Å². The van der Waals surface area contributed by atoms with E-state index in [1.54, 1.807) is 0 Å². The third kappa shape index (κ3) is 2.52. The van der Waals surface area contributed by atoms with Crippen LogP contribution >= 0.6 is 0 Å². The Morgan fingerprint density at radius 2 is 2.33 bits per heavy atom. The first kappa shape index (κ1) is 12.6. The van der Waals surface area contributed by atoms with Gasteiger partial charge in [-0.05, 0) is 20.3 Å². The molecule has 2 N–H and O–H groups in total.